The van der Waals surface area contributed by atoms with Gasteiger partial charge in [0.15, 0.2) is 0 Å². The van der Waals surface area contributed by atoms with Gasteiger partial charge < -0.3 is 23.8 Å². The molecule has 2 fully saturated rings. The highest BCUT2D eigenvalue weighted by Crippen LogP contribution is 2.28. The normalized spacial score (nSPS) is 23.8. The maximum atomic E-state index is 13.0. The van der Waals surface area contributed by atoms with Crippen molar-refractivity contribution in [2.75, 3.05) is 32.9 Å². The minimum atomic E-state index is -0.190. The van der Waals surface area contributed by atoms with Crippen LogP contribution in [-0.4, -0.2) is 67.0 Å². The van der Waals surface area contributed by atoms with Crippen molar-refractivity contribution in [1.29, 1.82) is 0 Å². The van der Waals surface area contributed by atoms with E-state index in [0.717, 1.165) is 36.5 Å². The van der Waals surface area contributed by atoms with Gasteiger partial charge in [0.25, 0.3) is 5.91 Å². The van der Waals surface area contributed by atoms with Gasteiger partial charge in [-0.25, -0.2) is 0 Å². The first-order valence-electron chi connectivity index (χ1n) is 10.5. The lowest BCUT2D eigenvalue weighted by Gasteiger charge is -2.21. The molecule has 1 amide bonds. The van der Waals surface area contributed by atoms with Crippen LogP contribution in [0.15, 0.2) is 36.5 Å². The summed E-state index contributed by atoms with van der Waals surface area (Å²) in [5.74, 6) is 1.62. The van der Waals surface area contributed by atoms with E-state index in [4.69, 9.17) is 18.9 Å². The number of hydrogen-bond acceptors (Lipinski definition) is 6. The van der Waals surface area contributed by atoms with Gasteiger partial charge in [-0.3, -0.25) is 9.78 Å². The van der Waals surface area contributed by atoms with E-state index in [-0.39, 0.29) is 24.2 Å². The molecule has 4 heterocycles. The number of aryl methyl sites for hydroxylation is 2. The molecule has 3 aliphatic rings. The molecular formula is C23H26N2O5. The summed E-state index contributed by atoms with van der Waals surface area (Å²) >= 11 is 0. The third-order valence-electron chi connectivity index (χ3n) is 5.84. The van der Waals surface area contributed by atoms with Crippen LogP contribution in [0, 0.1) is 6.92 Å². The minimum Gasteiger partial charge on any atom is -0.493 e. The molecule has 7 nitrogen and oxygen atoms in total. The Morgan fingerprint density at radius 3 is 2.67 bits per heavy atom. The van der Waals surface area contributed by atoms with E-state index in [1.807, 2.05) is 42.2 Å². The lowest BCUT2D eigenvalue weighted by atomic mass is 10.0. The molecular weight excluding hydrogens is 384 g/mol. The summed E-state index contributed by atoms with van der Waals surface area (Å²) in [5.41, 5.74) is 2.75. The van der Waals surface area contributed by atoms with E-state index in [1.54, 1.807) is 6.20 Å². The molecule has 158 valence electrons. The van der Waals surface area contributed by atoms with Crippen LogP contribution < -0.4 is 9.47 Å². The van der Waals surface area contributed by atoms with Gasteiger partial charge in [-0.2, -0.15) is 0 Å². The van der Waals surface area contributed by atoms with Crippen LogP contribution >= 0.6 is 0 Å². The summed E-state index contributed by atoms with van der Waals surface area (Å²) in [6.07, 6.45) is 3.18. The van der Waals surface area contributed by atoms with Crippen LogP contribution in [0.3, 0.4) is 0 Å². The number of carbonyl (C=O) groups is 1. The molecule has 3 aliphatic heterocycles. The lowest BCUT2D eigenvalue weighted by Crippen LogP contribution is -2.33. The number of benzene rings is 1. The van der Waals surface area contributed by atoms with E-state index < -0.39 is 0 Å². The third kappa shape index (κ3) is 4.00. The van der Waals surface area contributed by atoms with Gasteiger partial charge >= 0.3 is 0 Å². The fraction of sp³-hybridized carbons (Fsp3) is 0.478. The standard InChI is InChI=1S/C23H26N2O5/c1-15-4-6-18(10-24-15)30-19-13-28-21-11-25(12-22(21)29-14-19)23(26)17-5-7-20-16(9-17)3-2-8-27-20/h4-7,9-10,19,21-22H,2-3,8,11-14H2,1H3/t21-,22-/m0/s1. The van der Waals surface area contributed by atoms with Crippen molar-refractivity contribution in [2.45, 2.75) is 38.1 Å². The topological polar surface area (TPSA) is 70.1 Å². The predicted octanol–water partition coefficient (Wildman–Crippen LogP) is 2.40. The van der Waals surface area contributed by atoms with Crippen LogP contribution in [-0.2, 0) is 15.9 Å². The number of hydrogen-bond donors (Lipinski definition) is 0. The number of aromatic nitrogens is 1. The maximum Gasteiger partial charge on any atom is 0.254 e. The van der Waals surface area contributed by atoms with Gasteiger partial charge in [-0.05, 0) is 55.7 Å². The number of rotatable bonds is 3. The van der Waals surface area contributed by atoms with E-state index in [1.165, 1.54) is 0 Å². The van der Waals surface area contributed by atoms with Crippen LogP contribution in [0.2, 0.25) is 0 Å². The Bertz CT molecular complexity index is 900. The first-order chi connectivity index (χ1) is 14.7. The Balaban J connectivity index is 1.19. The molecule has 0 N–H and O–H groups in total. The molecule has 0 radical (unpaired) electrons. The molecule has 2 saturated heterocycles. The molecule has 2 aromatic rings. The molecule has 0 spiro atoms. The maximum absolute atomic E-state index is 13.0. The van der Waals surface area contributed by atoms with Crippen molar-refractivity contribution in [1.82, 2.24) is 9.88 Å². The van der Waals surface area contributed by atoms with Crippen molar-refractivity contribution >= 4 is 5.91 Å². The quantitative estimate of drug-likeness (QED) is 0.774. The summed E-state index contributed by atoms with van der Waals surface area (Å²) in [4.78, 5) is 19.1. The highest BCUT2D eigenvalue weighted by Gasteiger charge is 2.40. The van der Waals surface area contributed by atoms with E-state index in [2.05, 4.69) is 4.98 Å². The number of likely N-dealkylation sites (tertiary alicyclic amines) is 1. The van der Waals surface area contributed by atoms with E-state index >= 15 is 0 Å². The number of amides is 1. The summed E-state index contributed by atoms with van der Waals surface area (Å²) in [6, 6.07) is 9.54. The molecule has 7 heteroatoms. The number of ether oxygens (including phenoxy) is 4. The monoisotopic (exact) mass is 410 g/mol. The van der Waals surface area contributed by atoms with E-state index in [9.17, 15) is 4.79 Å². The highest BCUT2D eigenvalue weighted by atomic mass is 16.6. The summed E-state index contributed by atoms with van der Waals surface area (Å²) in [6.45, 7) is 4.58. The molecule has 30 heavy (non-hydrogen) atoms. The Labute approximate surface area is 175 Å². The third-order valence-corrected chi connectivity index (χ3v) is 5.84. The van der Waals surface area contributed by atoms with Crippen LogP contribution in [0.1, 0.15) is 28.0 Å². The van der Waals surface area contributed by atoms with Gasteiger partial charge in [0.1, 0.15) is 29.8 Å². The summed E-state index contributed by atoms with van der Waals surface area (Å²) in [7, 11) is 0. The molecule has 0 unspecified atom stereocenters. The van der Waals surface area contributed by atoms with Gasteiger partial charge in [0.2, 0.25) is 0 Å². The molecule has 0 saturated carbocycles. The van der Waals surface area contributed by atoms with Crippen molar-refractivity contribution < 1.29 is 23.7 Å². The number of nitrogens with zero attached hydrogens (tertiary/aromatic N) is 2. The van der Waals surface area contributed by atoms with Gasteiger partial charge in [0, 0.05) is 24.3 Å². The lowest BCUT2D eigenvalue weighted by molar-refractivity contribution is -0.00461. The predicted molar refractivity (Wildman–Crippen MR) is 109 cm³/mol. The second-order valence-electron chi connectivity index (χ2n) is 8.10. The van der Waals surface area contributed by atoms with Crippen molar-refractivity contribution in [3.63, 3.8) is 0 Å². The van der Waals surface area contributed by atoms with Gasteiger partial charge in [0.05, 0.1) is 26.0 Å². The number of fused-ring (bicyclic) bond motifs is 2. The first kappa shape index (κ1) is 19.3. The Morgan fingerprint density at radius 2 is 1.93 bits per heavy atom. The zero-order valence-corrected chi connectivity index (χ0v) is 17.1. The van der Waals surface area contributed by atoms with Crippen LogP contribution in [0.4, 0.5) is 0 Å². The highest BCUT2D eigenvalue weighted by molar-refractivity contribution is 5.95. The minimum absolute atomic E-state index is 0.0159. The van der Waals surface area contributed by atoms with Crippen molar-refractivity contribution in [3.05, 3.63) is 53.3 Å². The Hall–Kier alpha value is -2.64. The second kappa shape index (κ2) is 8.24. The SMILES string of the molecule is Cc1ccc(OC2CO[C@H]3CN(C(=O)c4ccc5c(c4)CCCO5)C[C@@H]3OC2)cn1. The average molecular weight is 410 g/mol. The smallest absolute Gasteiger partial charge is 0.254 e. The number of carbonyl (C=O) groups excluding carboxylic acids is 1. The Kier molecular flexibility index (Phi) is 5.31. The largest absolute Gasteiger partial charge is 0.493 e. The van der Waals surface area contributed by atoms with Crippen molar-refractivity contribution in [2.24, 2.45) is 0 Å². The fourth-order valence-electron chi connectivity index (χ4n) is 4.20. The zero-order chi connectivity index (χ0) is 20.5. The van der Waals surface area contributed by atoms with Crippen LogP contribution in [0.25, 0.3) is 0 Å². The van der Waals surface area contributed by atoms with Gasteiger partial charge in [-0.1, -0.05) is 0 Å². The molecule has 1 aromatic heterocycles. The van der Waals surface area contributed by atoms with E-state index in [0.29, 0.717) is 37.6 Å². The van der Waals surface area contributed by atoms with Crippen molar-refractivity contribution in [3.8, 4) is 11.5 Å². The number of pyridine rings is 1. The Morgan fingerprint density at radius 1 is 1.13 bits per heavy atom. The summed E-state index contributed by atoms with van der Waals surface area (Å²) in [5, 5.41) is 0. The van der Waals surface area contributed by atoms with Crippen LogP contribution in [0.5, 0.6) is 11.5 Å². The molecule has 0 bridgehead atoms. The van der Waals surface area contributed by atoms with Gasteiger partial charge in [-0.15, -0.1) is 0 Å². The summed E-state index contributed by atoms with van der Waals surface area (Å²) < 4.78 is 23.7. The zero-order valence-electron chi connectivity index (χ0n) is 17.1. The molecule has 0 aliphatic carbocycles. The molecule has 2 atom stereocenters. The molecule has 5 rings (SSSR count). The molecule has 1 aromatic carbocycles. The second-order valence-corrected chi connectivity index (χ2v) is 8.10. The fourth-order valence-corrected chi connectivity index (χ4v) is 4.20. The first-order valence-corrected chi connectivity index (χ1v) is 10.5. The average Bonchev–Trinajstić information content (AvgIpc) is 3.10.